The summed E-state index contributed by atoms with van der Waals surface area (Å²) in [7, 11) is 1.77. The molecule has 2 aromatic rings. The van der Waals surface area contributed by atoms with Gasteiger partial charge in [0.25, 0.3) is 0 Å². The molecule has 0 radical (unpaired) electrons. The summed E-state index contributed by atoms with van der Waals surface area (Å²) in [5, 5.41) is 13.6. The summed E-state index contributed by atoms with van der Waals surface area (Å²) in [6, 6.07) is 10.0. The number of rotatable bonds is 4. The number of benzene rings is 1. The summed E-state index contributed by atoms with van der Waals surface area (Å²) in [6.45, 7) is 0.945. The normalized spacial score (nSPS) is 18.3. The minimum Gasteiger partial charge on any atom is -0.476 e. The molecule has 1 aromatic carbocycles. The molecule has 0 spiro atoms. The minimum atomic E-state index is -1.03. The van der Waals surface area contributed by atoms with E-state index in [4.69, 9.17) is 0 Å². The highest BCUT2D eigenvalue weighted by Crippen LogP contribution is 2.39. The fourth-order valence-corrected chi connectivity index (χ4v) is 4.72. The number of carbonyl (C=O) groups excluding carboxylic acids is 1. The Bertz CT molecular complexity index is 853. The van der Waals surface area contributed by atoms with Crippen LogP contribution in [0.5, 0.6) is 0 Å². The fraction of sp³-hybridized carbons (Fsp3) is 0.476. The van der Waals surface area contributed by atoms with Crippen molar-refractivity contribution in [2.24, 2.45) is 13.0 Å². The van der Waals surface area contributed by atoms with Crippen molar-refractivity contribution in [3.63, 3.8) is 0 Å². The predicted octanol–water partition coefficient (Wildman–Crippen LogP) is 2.98. The molecule has 0 saturated heterocycles. The maximum absolute atomic E-state index is 13.5. The third kappa shape index (κ3) is 3.24. The van der Waals surface area contributed by atoms with Gasteiger partial charge in [-0.2, -0.15) is 5.10 Å². The van der Waals surface area contributed by atoms with Crippen molar-refractivity contribution in [1.82, 2.24) is 14.7 Å². The van der Waals surface area contributed by atoms with Crippen LogP contribution in [-0.2, 0) is 24.8 Å². The highest BCUT2D eigenvalue weighted by Gasteiger charge is 2.37. The molecule has 27 heavy (non-hydrogen) atoms. The van der Waals surface area contributed by atoms with Gasteiger partial charge < -0.3 is 10.0 Å². The van der Waals surface area contributed by atoms with Gasteiger partial charge in [-0.05, 0) is 24.3 Å². The maximum Gasteiger partial charge on any atom is 0.356 e. The zero-order valence-electron chi connectivity index (χ0n) is 15.6. The summed E-state index contributed by atoms with van der Waals surface area (Å²) in [6.07, 6.45) is 5.16. The molecule has 1 N–H and O–H groups in total. The van der Waals surface area contributed by atoms with Gasteiger partial charge in [-0.3, -0.25) is 9.48 Å². The van der Waals surface area contributed by atoms with Crippen LogP contribution in [0.1, 0.15) is 58.9 Å². The number of carboxylic acids is 1. The first-order chi connectivity index (χ1) is 13.1. The molecule has 6 nitrogen and oxygen atoms in total. The Kier molecular flexibility index (Phi) is 4.72. The predicted molar refractivity (Wildman–Crippen MR) is 100 cm³/mol. The SMILES string of the molecule is Cn1nc(C(=O)O)c2c1CCN(C(=O)C(c1ccccc1)C1CCCC1)C2. The van der Waals surface area contributed by atoms with E-state index in [1.54, 1.807) is 11.7 Å². The van der Waals surface area contributed by atoms with Crippen LogP contribution in [0.4, 0.5) is 0 Å². The van der Waals surface area contributed by atoms with E-state index < -0.39 is 5.97 Å². The van der Waals surface area contributed by atoms with Gasteiger partial charge in [0.1, 0.15) is 0 Å². The van der Waals surface area contributed by atoms with Crippen LogP contribution in [0.25, 0.3) is 0 Å². The average molecular weight is 367 g/mol. The highest BCUT2D eigenvalue weighted by molar-refractivity contribution is 5.88. The molecule has 1 atom stereocenters. The maximum atomic E-state index is 13.5. The number of carboxylic acid groups (broad SMARTS) is 1. The molecule has 0 bridgehead atoms. The Morgan fingerprint density at radius 2 is 1.89 bits per heavy atom. The minimum absolute atomic E-state index is 0.0714. The van der Waals surface area contributed by atoms with Crippen LogP contribution in [-0.4, -0.2) is 38.2 Å². The zero-order valence-corrected chi connectivity index (χ0v) is 15.6. The van der Waals surface area contributed by atoms with Crippen molar-refractivity contribution < 1.29 is 14.7 Å². The molecule has 1 unspecified atom stereocenters. The van der Waals surface area contributed by atoms with Crippen molar-refractivity contribution in [3.8, 4) is 0 Å². The lowest BCUT2D eigenvalue weighted by Crippen LogP contribution is -2.41. The van der Waals surface area contributed by atoms with Gasteiger partial charge in [0, 0.05) is 37.8 Å². The lowest BCUT2D eigenvalue weighted by atomic mass is 9.83. The van der Waals surface area contributed by atoms with Gasteiger partial charge in [0.15, 0.2) is 5.69 Å². The van der Waals surface area contributed by atoms with Crippen molar-refractivity contribution in [2.45, 2.75) is 44.6 Å². The topological polar surface area (TPSA) is 75.4 Å². The Morgan fingerprint density at radius 1 is 1.19 bits per heavy atom. The third-order valence-corrected chi connectivity index (χ3v) is 6.05. The molecule has 1 amide bonds. The fourth-order valence-electron chi connectivity index (χ4n) is 4.72. The first kappa shape index (κ1) is 17.8. The quantitative estimate of drug-likeness (QED) is 0.901. The van der Waals surface area contributed by atoms with Crippen molar-refractivity contribution in [1.29, 1.82) is 0 Å². The van der Waals surface area contributed by atoms with Crippen LogP contribution < -0.4 is 0 Å². The Labute approximate surface area is 158 Å². The Balaban J connectivity index is 1.64. The van der Waals surface area contributed by atoms with Crippen LogP contribution in [0.3, 0.4) is 0 Å². The molecule has 1 aliphatic carbocycles. The third-order valence-electron chi connectivity index (χ3n) is 6.05. The molecule has 2 aliphatic rings. The van der Waals surface area contributed by atoms with Gasteiger partial charge in [-0.1, -0.05) is 43.2 Å². The van der Waals surface area contributed by atoms with Crippen molar-refractivity contribution >= 4 is 11.9 Å². The molecule has 1 aliphatic heterocycles. The van der Waals surface area contributed by atoms with Gasteiger partial charge in [-0.25, -0.2) is 4.79 Å². The lowest BCUT2D eigenvalue weighted by Gasteiger charge is -2.33. The molecule has 4 rings (SSSR count). The smallest absolute Gasteiger partial charge is 0.356 e. The molecule has 142 valence electrons. The second kappa shape index (κ2) is 7.18. The average Bonchev–Trinajstić information content (AvgIpc) is 3.31. The van der Waals surface area contributed by atoms with Crippen LogP contribution in [0.15, 0.2) is 30.3 Å². The first-order valence-corrected chi connectivity index (χ1v) is 9.68. The van der Waals surface area contributed by atoms with E-state index in [0.29, 0.717) is 31.0 Å². The molecule has 1 fully saturated rings. The summed E-state index contributed by atoms with van der Waals surface area (Å²) in [5.41, 5.74) is 2.75. The number of hydrogen-bond donors (Lipinski definition) is 1. The summed E-state index contributed by atoms with van der Waals surface area (Å²) in [4.78, 5) is 26.9. The van der Waals surface area contributed by atoms with E-state index in [0.717, 1.165) is 24.1 Å². The number of hydrogen-bond acceptors (Lipinski definition) is 3. The number of carbonyl (C=O) groups is 2. The van der Waals surface area contributed by atoms with E-state index in [2.05, 4.69) is 5.10 Å². The Morgan fingerprint density at radius 3 is 2.56 bits per heavy atom. The zero-order chi connectivity index (χ0) is 19.0. The van der Waals surface area contributed by atoms with Crippen molar-refractivity contribution in [2.75, 3.05) is 6.54 Å². The molecule has 6 heteroatoms. The summed E-state index contributed by atoms with van der Waals surface area (Å²) in [5.74, 6) is -0.676. The summed E-state index contributed by atoms with van der Waals surface area (Å²) < 4.78 is 1.65. The second-order valence-corrected chi connectivity index (χ2v) is 7.65. The monoisotopic (exact) mass is 367 g/mol. The number of aryl methyl sites for hydroxylation is 1. The highest BCUT2D eigenvalue weighted by atomic mass is 16.4. The van der Waals surface area contributed by atoms with E-state index in [-0.39, 0.29) is 17.5 Å². The van der Waals surface area contributed by atoms with E-state index in [1.165, 1.54) is 12.8 Å². The number of aromatic nitrogens is 2. The van der Waals surface area contributed by atoms with Gasteiger partial charge >= 0.3 is 5.97 Å². The second-order valence-electron chi connectivity index (χ2n) is 7.65. The molecule has 1 aromatic heterocycles. The van der Waals surface area contributed by atoms with Crippen LogP contribution in [0, 0.1) is 5.92 Å². The lowest BCUT2D eigenvalue weighted by molar-refractivity contribution is -0.135. The number of amides is 1. The van der Waals surface area contributed by atoms with E-state index in [1.807, 2.05) is 35.2 Å². The number of aromatic carboxylic acids is 1. The van der Waals surface area contributed by atoms with Gasteiger partial charge in [0.2, 0.25) is 5.91 Å². The van der Waals surface area contributed by atoms with Gasteiger partial charge in [0.05, 0.1) is 5.92 Å². The molecule has 2 heterocycles. The first-order valence-electron chi connectivity index (χ1n) is 9.68. The van der Waals surface area contributed by atoms with Crippen LogP contribution in [0.2, 0.25) is 0 Å². The number of nitrogens with zero attached hydrogens (tertiary/aromatic N) is 3. The largest absolute Gasteiger partial charge is 0.476 e. The van der Waals surface area contributed by atoms with Crippen LogP contribution >= 0.6 is 0 Å². The van der Waals surface area contributed by atoms with Gasteiger partial charge in [-0.15, -0.1) is 0 Å². The standard InChI is InChI=1S/C21H25N3O3/c1-23-17-11-12-24(13-16(17)19(22-23)21(26)27)20(25)18(15-9-5-6-10-15)14-7-3-2-4-8-14/h2-4,7-8,15,18H,5-6,9-13H2,1H3,(H,26,27). The molecular weight excluding hydrogens is 342 g/mol. The van der Waals surface area contributed by atoms with E-state index >= 15 is 0 Å². The van der Waals surface area contributed by atoms with Crippen molar-refractivity contribution in [3.05, 3.63) is 52.8 Å². The Hall–Kier alpha value is -2.63. The molecular formula is C21H25N3O3. The van der Waals surface area contributed by atoms with E-state index in [9.17, 15) is 14.7 Å². The number of fused-ring (bicyclic) bond motifs is 1. The summed E-state index contributed by atoms with van der Waals surface area (Å²) >= 11 is 0. The molecule has 1 saturated carbocycles.